The molecule has 2 rings (SSSR count). The highest BCUT2D eigenvalue weighted by atomic mass is 19.4. The van der Waals surface area contributed by atoms with E-state index < -0.39 is 30.1 Å². The molecule has 148 valence electrons. The predicted molar refractivity (Wildman–Crippen MR) is 80.1 cm³/mol. The van der Waals surface area contributed by atoms with Crippen molar-refractivity contribution in [2.75, 3.05) is 6.54 Å². The number of nitrogens with one attached hydrogen (secondary N) is 2. The van der Waals surface area contributed by atoms with Crippen LogP contribution in [0.4, 0.5) is 18.0 Å². The summed E-state index contributed by atoms with van der Waals surface area (Å²) in [6.45, 7) is 0.253. The fourth-order valence-corrected chi connectivity index (χ4v) is 2.86. The Morgan fingerprint density at radius 2 is 1.59 bits per heavy atom. The van der Waals surface area contributed by atoms with Crippen LogP contribution in [0.1, 0.15) is 25.7 Å². The average Bonchev–Trinajstić information content (AvgIpc) is 2.91. The van der Waals surface area contributed by atoms with E-state index in [1.807, 2.05) is 5.43 Å². The molecule has 2 N–H and O–H groups in total. The van der Waals surface area contributed by atoms with Crippen molar-refractivity contribution in [3.63, 3.8) is 0 Å². The van der Waals surface area contributed by atoms with Gasteiger partial charge < -0.3 is 4.74 Å². The molecule has 0 aromatic heterocycles. The van der Waals surface area contributed by atoms with E-state index in [0.29, 0.717) is 25.7 Å². The van der Waals surface area contributed by atoms with Crippen molar-refractivity contribution in [3.8, 4) is 0 Å². The molecule has 9 nitrogen and oxygen atoms in total. The van der Waals surface area contributed by atoms with Crippen LogP contribution < -0.4 is 10.9 Å². The molecule has 2 aliphatic rings. The molecule has 0 atom stereocenters. The van der Waals surface area contributed by atoms with Gasteiger partial charge in [0.1, 0.15) is 0 Å². The Morgan fingerprint density at radius 1 is 1.04 bits per heavy atom. The van der Waals surface area contributed by atoms with Crippen LogP contribution in [0.25, 0.3) is 0 Å². The highest BCUT2D eigenvalue weighted by Crippen LogP contribution is 2.30. The smallest absolute Gasteiger partial charge is 0.368 e. The van der Waals surface area contributed by atoms with Crippen LogP contribution >= 0.6 is 0 Å². The fourth-order valence-electron chi connectivity index (χ4n) is 2.86. The molecule has 0 aromatic rings. The van der Waals surface area contributed by atoms with E-state index >= 15 is 0 Å². The summed E-state index contributed by atoms with van der Waals surface area (Å²) < 4.78 is 39.3. The van der Waals surface area contributed by atoms with Crippen molar-refractivity contribution in [1.29, 1.82) is 0 Å². The number of nitrogens with zero attached hydrogens (tertiary/aromatic N) is 1. The zero-order valence-electron chi connectivity index (χ0n) is 13.9. The largest absolute Gasteiger partial charge is 0.491 e. The van der Waals surface area contributed by atoms with Crippen molar-refractivity contribution < 1.29 is 41.9 Å². The van der Waals surface area contributed by atoms with E-state index in [0.717, 1.165) is 4.90 Å². The topological polar surface area (TPSA) is 122 Å². The zero-order valence-corrected chi connectivity index (χ0v) is 13.9. The maximum Gasteiger partial charge on any atom is 0.491 e. The van der Waals surface area contributed by atoms with Crippen LogP contribution in [0.5, 0.6) is 0 Å². The van der Waals surface area contributed by atoms with Gasteiger partial charge in [0.2, 0.25) is 5.91 Å². The Hall–Kier alpha value is -2.92. The van der Waals surface area contributed by atoms with Gasteiger partial charge in [-0.25, -0.2) is 15.0 Å². The molecule has 1 aliphatic carbocycles. The third-order valence-corrected chi connectivity index (χ3v) is 4.26. The molecule has 1 heterocycles. The van der Waals surface area contributed by atoms with Gasteiger partial charge in [-0.15, -0.1) is 0 Å². The third kappa shape index (κ3) is 5.53. The monoisotopic (exact) mass is 391 g/mol. The quantitative estimate of drug-likeness (QED) is 0.314. The molecule has 0 bridgehead atoms. The molecule has 0 radical (unpaired) electrons. The number of carbonyl (C=O) groups excluding carboxylic acids is 5. The van der Waals surface area contributed by atoms with E-state index in [2.05, 4.69) is 4.74 Å². The summed E-state index contributed by atoms with van der Waals surface area (Å²) in [5.74, 6) is -4.57. The summed E-state index contributed by atoms with van der Waals surface area (Å²) in [5, 5.41) is 0. The van der Waals surface area contributed by atoms with E-state index in [-0.39, 0.29) is 24.3 Å². The minimum Gasteiger partial charge on any atom is -0.368 e. The highest BCUT2D eigenvalue weighted by Gasteiger charge is 2.42. The maximum atomic E-state index is 11.9. The van der Waals surface area contributed by atoms with Crippen molar-refractivity contribution in [2.45, 2.75) is 31.9 Å². The number of halogens is 3. The number of esters is 1. The van der Waals surface area contributed by atoms with Gasteiger partial charge in [0.15, 0.2) is 0 Å². The van der Waals surface area contributed by atoms with Crippen LogP contribution in [-0.2, 0) is 23.9 Å². The molecule has 4 amide bonds. The van der Waals surface area contributed by atoms with Crippen molar-refractivity contribution >= 4 is 29.8 Å². The van der Waals surface area contributed by atoms with Gasteiger partial charge in [-0.1, -0.05) is 0 Å². The van der Waals surface area contributed by atoms with E-state index in [1.165, 1.54) is 12.2 Å². The van der Waals surface area contributed by atoms with E-state index in [9.17, 15) is 37.1 Å². The predicted octanol–water partition coefficient (Wildman–Crippen LogP) is 0.564. The van der Waals surface area contributed by atoms with Gasteiger partial charge in [-0.05, 0) is 31.6 Å². The molecule has 0 spiro atoms. The molecule has 0 saturated heterocycles. The van der Waals surface area contributed by atoms with Crippen LogP contribution in [0, 0.1) is 11.8 Å². The molecular weight excluding hydrogens is 375 g/mol. The zero-order chi connectivity index (χ0) is 20.2. The van der Waals surface area contributed by atoms with Gasteiger partial charge >= 0.3 is 18.2 Å². The summed E-state index contributed by atoms with van der Waals surface area (Å²) in [6, 6.07) is 0. The SMILES string of the molecule is O=C(NNC(=O)C1CCC(CN2C(=O)C=CC2=O)CC1)OC(=O)C(F)(F)F. The van der Waals surface area contributed by atoms with Crippen molar-refractivity contribution in [3.05, 3.63) is 12.2 Å². The first-order chi connectivity index (χ1) is 12.6. The summed E-state index contributed by atoms with van der Waals surface area (Å²) in [6.07, 6.45) is -2.80. The van der Waals surface area contributed by atoms with E-state index in [4.69, 9.17) is 0 Å². The summed E-state index contributed by atoms with van der Waals surface area (Å²) in [5.41, 5.74) is 3.48. The lowest BCUT2D eigenvalue weighted by atomic mass is 9.81. The Kier molecular flexibility index (Phi) is 6.18. The second-order valence-electron chi connectivity index (χ2n) is 6.13. The van der Waals surface area contributed by atoms with Crippen molar-refractivity contribution in [1.82, 2.24) is 15.8 Å². The summed E-state index contributed by atoms with van der Waals surface area (Å²) in [7, 11) is 0. The van der Waals surface area contributed by atoms with Gasteiger partial charge in [-0.2, -0.15) is 13.2 Å². The summed E-state index contributed by atoms with van der Waals surface area (Å²) >= 11 is 0. The molecule has 0 unspecified atom stereocenters. The normalized spacial score (nSPS) is 22.6. The van der Waals surface area contributed by atoms with Crippen LogP contribution in [0.3, 0.4) is 0 Å². The standard InChI is InChI=1S/C15H16F3N3O6/c16-15(17,18)13(25)27-14(26)20-19-12(24)9-3-1-8(2-4-9)7-21-10(22)5-6-11(21)23/h5-6,8-9H,1-4,7H2,(H,19,24)(H,20,26). The van der Waals surface area contributed by atoms with Crippen molar-refractivity contribution in [2.24, 2.45) is 11.8 Å². The average molecular weight is 391 g/mol. The number of imide groups is 1. The molecular formula is C15H16F3N3O6. The second kappa shape index (κ2) is 8.18. The number of hydrogen-bond donors (Lipinski definition) is 2. The first kappa shape index (κ1) is 20.4. The lowest BCUT2D eigenvalue weighted by molar-refractivity contribution is -0.193. The third-order valence-electron chi connectivity index (χ3n) is 4.26. The van der Waals surface area contributed by atoms with Gasteiger partial charge in [0.05, 0.1) is 0 Å². The number of hydrogen-bond acceptors (Lipinski definition) is 6. The maximum absolute atomic E-state index is 11.9. The number of alkyl halides is 3. The first-order valence-electron chi connectivity index (χ1n) is 8.00. The van der Waals surface area contributed by atoms with E-state index in [1.54, 1.807) is 5.43 Å². The number of hydrazine groups is 1. The fraction of sp³-hybridized carbons (Fsp3) is 0.533. The molecule has 0 aromatic carbocycles. The van der Waals surface area contributed by atoms with Crippen LogP contribution in [0.15, 0.2) is 12.2 Å². The highest BCUT2D eigenvalue weighted by molar-refractivity contribution is 6.12. The molecule has 1 aliphatic heterocycles. The first-order valence-corrected chi connectivity index (χ1v) is 8.00. The Labute approximate surface area is 150 Å². The minimum absolute atomic E-state index is 0.0316. The Morgan fingerprint density at radius 3 is 2.11 bits per heavy atom. The van der Waals surface area contributed by atoms with Gasteiger partial charge in [-0.3, -0.25) is 24.7 Å². The number of amides is 4. The number of ether oxygens (including phenoxy) is 1. The molecule has 27 heavy (non-hydrogen) atoms. The Bertz CT molecular complexity index is 665. The molecule has 1 fully saturated rings. The van der Waals surface area contributed by atoms with Crippen LogP contribution in [0.2, 0.25) is 0 Å². The molecule has 12 heteroatoms. The van der Waals surface area contributed by atoms with Gasteiger partial charge in [0.25, 0.3) is 11.8 Å². The number of carbonyl (C=O) groups is 5. The molecule has 1 saturated carbocycles. The van der Waals surface area contributed by atoms with Gasteiger partial charge in [0, 0.05) is 24.6 Å². The summed E-state index contributed by atoms with van der Waals surface area (Å²) in [4.78, 5) is 57.6. The lowest BCUT2D eigenvalue weighted by Crippen LogP contribution is -2.47. The van der Waals surface area contributed by atoms with Crippen LogP contribution in [-0.4, -0.2) is 47.4 Å². The number of rotatable bonds is 3. The minimum atomic E-state index is -5.33. The Balaban J connectivity index is 1.70. The second-order valence-corrected chi connectivity index (χ2v) is 6.13. The lowest BCUT2D eigenvalue weighted by Gasteiger charge is -2.29.